The van der Waals surface area contributed by atoms with Crippen molar-refractivity contribution in [3.05, 3.63) is 46.3 Å². The highest BCUT2D eigenvalue weighted by atomic mass is 16.5. The van der Waals surface area contributed by atoms with Crippen LogP contribution in [0.4, 0.5) is 0 Å². The number of esters is 1. The number of ketones is 2. The van der Waals surface area contributed by atoms with Crippen molar-refractivity contribution in [2.75, 3.05) is 0 Å². The first-order valence-corrected chi connectivity index (χ1v) is 13.7. The van der Waals surface area contributed by atoms with Gasteiger partial charge in [0.25, 0.3) is 0 Å². The summed E-state index contributed by atoms with van der Waals surface area (Å²) in [6.07, 6.45) is 13.7. The van der Waals surface area contributed by atoms with Crippen LogP contribution in [0.2, 0.25) is 0 Å². The van der Waals surface area contributed by atoms with Gasteiger partial charge in [0, 0.05) is 23.3 Å². The molecule has 0 saturated heterocycles. The highest BCUT2D eigenvalue weighted by molar-refractivity contribution is 6.08. The molecule has 0 unspecified atom stereocenters. The fourth-order valence-corrected chi connectivity index (χ4v) is 9.04. The number of ether oxygens (including phenoxy) is 1. The lowest BCUT2D eigenvalue weighted by molar-refractivity contribution is -0.167. The molecule has 0 aromatic heterocycles. The molecule has 0 radical (unpaired) electrons. The molecular formula is C32H42O4. The number of rotatable bonds is 2. The maximum atomic E-state index is 13.1. The Bertz CT molecular complexity index is 1210. The number of allylic oxidation sites excluding steroid dienone is 7. The van der Waals surface area contributed by atoms with E-state index in [-0.39, 0.29) is 38.6 Å². The van der Waals surface area contributed by atoms with E-state index in [1.54, 1.807) is 13.0 Å². The molecule has 0 aliphatic heterocycles. The minimum Gasteiger partial charge on any atom is -0.422 e. The Morgan fingerprint density at radius 2 is 1.58 bits per heavy atom. The number of hydrogen-bond acceptors (Lipinski definition) is 4. The predicted molar refractivity (Wildman–Crippen MR) is 141 cm³/mol. The summed E-state index contributed by atoms with van der Waals surface area (Å²) in [6, 6.07) is 0. The first-order valence-electron chi connectivity index (χ1n) is 13.7. The summed E-state index contributed by atoms with van der Waals surface area (Å²) in [7, 11) is 0. The Kier molecular flexibility index (Phi) is 5.40. The maximum absolute atomic E-state index is 13.1. The van der Waals surface area contributed by atoms with E-state index >= 15 is 0 Å². The van der Waals surface area contributed by atoms with Crippen molar-refractivity contribution in [1.29, 1.82) is 0 Å². The van der Waals surface area contributed by atoms with Crippen molar-refractivity contribution >= 4 is 17.5 Å². The molecule has 36 heavy (non-hydrogen) atoms. The smallest absolute Gasteiger partial charge is 0.308 e. The van der Waals surface area contributed by atoms with Crippen molar-refractivity contribution in [3.63, 3.8) is 0 Å². The molecule has 4 heteroatoms. The van der Waals surface area contributed by atoms with Crippen molar-refractivity contribution in [2.24, 2.45) is 33.0 Å². The number of hydrogen-bond donors (Lipinski definition) is 0. The normalized spacial score (nSPS) is 43.7. The van der Waals surface area contributed by atoms with Crippen LogP contribution in [0.5, 0.6) is 0 Å². The zero-order valence-corrected chi connectivity index (χ0v) is 23.4. The van der Waals surface area contributed by atoms with Crippen LogP contribution in [0.25, 0.3) is 0 Å². The molecule has 5 rings (SSSR count). The summed E-state index contributed by atoms with van der Waals surface area (Å²) in [5, 5.41) is 0. The van der Waals surface area contributed by atoms with Crippen molar-refractivity contribution in [3.8, 4) is 0 Å². The molecule has 0 aromatic rings. The molecule has 0 bridgehead atoms. The molecule has 0 N–H and O–H groups in total. The summed E-state index contributed by atoms with van der Waals surface area (Å²) in [6.45, 7) is 17.0. The van der Waals surface area contributed by atoms with Crippen molar-refractivity contribution in [2.45, 2.75) is 100 Å². The predicted octanol–water partition coefficient (Wildman–Crippen LogP) is 7.21. The number of Topliss-reactive ketones (excluding diaryl/α,β-unsaturated/α-hetero) is 1. The van der Waals surface area contributed by atoms with Gasteiger partial charge in [-0.3, -0.25) is 14.4 Å². The zero-order valence-electron chi connectivity index (χ0n) is 23.4. The minimum atomic E-state index is -0.468. The lowest BCUT2D eigenvalue weighted by Crippen LogP contribution is -2.62. The second-order valence-electron chi connectivity index (χ2n) is 13.7. The number of carbonyl (C=O) groups is 3. The van der Waals surface area contributed by atoms with Gasteiger partial charge in [-0.25, -0.2) is 0 Å². The second-order valence-corrected chi connectivity index (χ2v) is 13.7. The highest BCUT2D eigenvalue weighted by Crippen LogP contribution is 2.75. The Balaban J connectivity index is 1.62. The monoisotopic (exact) mass is 490 g/mol. The van der Waals surface area contributed by atoms with Gasteiger partial charge in [0.1, 0.15) is 5.78 Å². The average Bonchev–Trinajstić information content (AvgIpc) is 2.80. The topological polar surface area (TPSA) is 60.4 Å². The van der Waals surface area contributed by atoms with Gasteiger partial charge in [-0.15, -0.1) is 0 Å². The van der Waals surface area contributed by atoms with Crippen molar-refractivity contribution in [1.82, 2.24) is 0 Å². The SMILES string of the molecule is CC(=O)OC1=C(C)C2=CC=C3[C@@](C)(CC[C@@]4(C)[C@@H]5C[C@](C)(C(C)=O)CC[C@]5(C)CC[C@]34C)C2=CC1=O. The fourth-order valence-electron chi connectivity index (χ4n) is 9.04. The second kappa shape index (κ2) is 7.65. The standard InChI is InChI=1S/C32H42O4/c1-19-22-9-10-25-30(6,23(22)17-24(35)27(19)36-21(3)34)14-16-32(8)26-18-29(5,20(2)33)12-11-28(26,4)13-15-31(25,32)7/h9-10,17,26H,11-16,18H2,1-8H3/t26-,28-,29-,30+,31-,32+/m1/s1. The first kappa shape index (κ1) is 25.4. The van der Waals surface area contributed by atoms with E-state index in [9.17, 15) is 14.4 Å². The van der Waals surface area contributed by atoms with Gasteiger partial charge < -0.3 is 4.74 Å². The van der Waals surface area contributed by atoms with Crippen LogP contribution in [-0.2, 0) is 19.1 Å². The molecule has 3 fully saturated rings. The molecular weight excluding hydrogens is 448 g/mol. The Morgan fingerprint density at radius 3 is 2.22 bits per heavy atom. The molecule has 0 spiro atoms. The van der Waals surface area contributed by atoms with E-state index in [0.29, 0.717) is 11.7 Å². The third-order valence-corrected chi connectivity index (χ3v) is 11.9. The van der Waals surface area contributed by atoms with Crippen LogP contribution in [0.1, 0.15) is 100 Å². The van der Waals surface area contributed by atoms with Crippen LogP contribution in [0, 0.1) is 33.0 Å². The third kappa shape index (κ3) is 3.15. The number of fused-ring (bicyclic) bond motifs is 7. The van der Waals surface area contributed by atoms with Gasteiger partial charge in [-0.2, -0.15) is 0 Å². The lowest BCUT2D eigenvalue weighted by atomic mass is 9.34. The van der Waals surface area contributed by atoms with E-state index < -0.39 is 5.97 Å². The van der Waals surface area contributed by atoms with Gasteiger partial charge in [0.2, 0.25) is 5.78 Å². The molecule has 6 atom stereocenters. The van der Waals surface area contributed by atoms with Gasteiger partial charge in [-0.1, -0.05) is 52.3 Å². The van der Waals surface area contributed by atoms with Gasteiger partial charge >= 0.3 is 5.97 Å². The quantitative estimate of drug-likeness (QED) is 0.384. The summed E-state index contributed by atoms with van der Waals surface area (Å²) in [4.78, 5) is 37.5. The number of carbonyl (C=O) groups excluding carboxylic acids is 3. The van der Waals surface area contributed by atoms with Crippen LogP contribution in [0.3, 0.4) is 0 Å². The highest BCUT2D eigenvalue weighted by Gasteiger charge is 2.67. The van der Waals surface area contributed by atoms with Crippen LogP contribution < -0.4 is 0 Å². The Morgan fingerprint density at radius 1 is 0.917 bits per heavy atom. The van der Waals surface area contributed by atoms with Crippen LogP contribution in [0.15, 0.2) is 46.3 Å². The molecule has 0 amide bonds. The zero-order chi connectivity index (χ0) is 26.5. The van der Waals surface area contributed by atoms with Gasteiger partial charge in [0.15, 0.2) is 5.76 Å². The molecule has 5 aliphatic rings. The molecule has 4 nitrogen and oxygen atoms in total. The lowest BCUT2D eigenvalue weighted by Gasteiger charge is -2.70. The minimum absolute atomic E-state index is 0.0150. The van der Waals surface area contributed by atoms with Crippen LogP contribution in [-0.4, -0.2) is 17.5 Å². The van der Waals surface area contributed by atoms with E-state index in [0.717, 1.165) is 55.2 Å². The Labute approximate surface area is 216 Å². The van der Waals surface area contributed by atoms with E-state index in [2.05, 4.69) is 46.8 Å². The van der Waals surface area contributed by atoms with E-state index in [1.165, 1.54) is 18.9 Å². The third-order valence-electron chi connectivity index (χ3n) is 11.9. The fraction of sp³-hybridized carbons (Fsp3) is 0.656. The molecule has 5 aliphatic carbocycles. The van der Waals surface area contributed by atoms with Crippen molar-refractivity contribution < 1.29 is 19.1 Å². The molecule has 0 heterocycles. The van der Waals surface area contributed by atoms with Gasteiger partial charge in [0.05, 0.1) is 0 Å². The van der Waals surface area contributed by atoms with E-state index in [1.807, 2.05) is 6.92 Å². The maximum Gasteiger partial charge on any atom is 0.308 e. The summed E-state index contributed by atoms with van der Waals surface area (Å²) in [5.41, 5.74) is 4.16. The summed E-state index contributed by atoms with van der Waals surface area (Å²) in [5.74, 6) is 0.300. The average molecular weight is 491 g/mol. The summed E-state index contributed by atoms with van der Waals surface area (Å²) >= 11 is 0. The Hall–Kier alpha value is -2.23. The first-order chi connectivity index (χ1) is 16.6. The van der Waals surface area contributed by atoms with E-state index in [4.69, 9.17) is 4.74 Å². The molecule has 3 saturated carbocycles. The van der Waals surface area contributed by atoms with Gasteiger partial charge in [-0.05, 0) is 98.2 Å². The summed E-state index contributed by atoms with van der Waals surface area (Å²) < 4.78 is 5.32. The molecule has 194 valence electrons. The largest absolute Gasteiger partial charge is 0.422 e. The van der Waals surface area contributed by atoms with Crippen LogP contribution >= 0.6 is 0 Å². The molecule has 0 aromatic carbocycles.